The Bertz CT molecular complexity index is 434. The molecule has 0 heterocycles. The van der Waals surface area contributed by atoms with Gasteiger partial charge in [0.2, 0.25) is 5.91 Å². The molecule has 1 rings (SSSR count). The van der Waals surface area contributed by atoms with E-state index in [9.17, 15) is 9.59 Å². The zero-order chi connectivity index (χ0) is 14.3. The molecule has 6 heteroatoms. The number of anilines is 1. The molecular formula is C13H18N2O3S. The standard InChI is InChI=1S/C13H18N2O3S/c1-9-3-5-10(6-4-9)14-12(16)11(7-8-19-2)15-13(17)18/h3-6,11,15H,7-8H2,1-2H3,(H,14,16)(H,17,18)/t11-/m1/s1. The molecular weight excluding hydrogens is 264 g/mol. The van der Waals surface area contributed by atoms with E-state index in [0.717, 1.165) is 5.56 Å². The zero-order valence-electron chi connectivity index (χ0n) is 11.0. The van der Waals surface area contributed by atoms with Gasteiger partial charge in [-0.3, -0.25) is 4.79 Å². The lowest BCUT2D eigenvalue weighted by Crippen LogP contribution is -2.43. The van der Waals surface area contributed by atoms with E-state index in [2.05, 4.69) is 10.6 Å². The van der Waals surface area contributed by atoms with Gasteiger partial charge in [-0.05, 0) is 37.5 Å². The van der Waals surface area contributed by atoms with Crippen molar-refractivity contribution in [3.05, 3.63) is 29.8 Å². The Hall–Kier alpha value is -1.69. The van der Waals surface area contributed by atoms with Crippen LogP contribution in [-0.2, 0) is 4.79 Å². The molecule has 5 nitrogen and oxygen atoms in total. The first kappa shape index (κ1) is 15.4. The summed E-state index contributed by atoms with van der Waals surface area (Å²) in [4.78, 5) is 22.7. The molecule has 1 aromatic carbocycles. The number of carboxylic acid groups (broad SMARTS) is 1. The first-order valence-electron chi connectivity index (χ1n) is 5.89. The molecule has 1 aromatic rings. The van der Waals surface area contributed by atoms with Crippen LogP contribution >= 0.6 is 11.8 Å². The molecule has 0 aliphatic rings. The van der Waals surface area contributed by atoms with Crippen molar-refractivity contribution in [2.24, 2.45) is 0 Å². The lowest BCUT2D eigenvalue weighted by molar-refractivity contribution is -0.118. The minimum Gasteiger partial charge on any atom is -0.465 e. The molecule has 2 amide bonds. The second-order valence-corrected chi connectivity index (χ2v) is 5.12. The number of carbonyl (C=O) groups excluding carboxylic acids is 1. The highest BCUT2D eigenvalue weighted by atomic mass is 32.2. The van der Waals surface area contributed by atoms with Gasteiger partial charge in [-0.15, -0.1) is 0 Å². The number of benzene rings is 1. The van der Waals surface area contributed by atoms with E-state index in [1.807, 2.05) is 25.3 Å². The lowest BCUT2D eigenvalue weighted by atomic mass is 10.2. The maximum atomic E-state index is 12.0. The number of nitrogens with one attached hydrogen (secondary N) is 2. The van der Waals surface area contributed by atoms with E-state index in [1.165, 1.54) is 0 Å². The molecule has 0 saturated carbocycles. The van der Waals surface area contributed by atoms with Gasteiger partial charge in [-0.1, -0.05) is 17.7 Å². The summed E-state index contributed by atoms with van der Waals surface area (Å²) in [5, 5.41) is 13.7. The minimum atomic E-state index is -1.19. The van der Waals surface area contributed by atoms with E-state index >= 15 is 0 Å². The van der Waals surface area contributed by atoms with Crippen molar-refractivity contribution in [1.82, 2.24) is 5.32 Å². The van der Waals surface area contributed by atoms with Crippen molar-refractivity contribution in [2.45, 2.75) is 19.4 Å². The van der Waals surface area contributed by atoms with Crippen LogP contribution in [0.25, 0.3) is 0 Å². The molecule has 0 aliphatic carbocycles. The number of thioether (sulfide) groups is 1. The van der Waals surface area contributed by atoms with Crippen LogP contribution in [0.5, 0.6) is 0 Å². The summed E-state index contributed by atoms with van der Waals surface area (Å²) in [6.07, 6.45) is 1.19. The summed E-state index contributed by atoms with van der Waals surface area (Å²) in [5.41, 5.74) is 1.76. The summed E-state index contributed by atoms with van der Waals surface area (Å²) in [6, 6.07) is 6.62. The number of aryl methyl sites for hydroxylation is 1. The number of hydrogen-bond donors (Lipinski definition) is 3. The van der Waals surface area contributed by atoms with E-state index in [0.29, 0.717) is 17.9 Å². The van der Waals surface area contributed by atoms with Crippen LogP contribution in [-0.4, -0.2) is 35.2 Å². The highest BCUT2D eigenvalue weighted by molar-refractivity contribution is 7.98. The zero-order valence-corrected chi connectivity index (χ0v) is 11.8. The maximum Gasteiger partial charge on any atom is 0.405 e. The molecule has 0 saturated heterocycles. The van der Waals surface area contributed by atoms with E-state index < -0.39 is 12.1 Å². The Labute approximate surface area is 116 Å². The Morgan fingerprint density at radius 3 is 2.47 bits per heavy atom. The third-order valence-corrected chi connectivity index (χ3v) is 3.19. The van der Waals surface area contributed by atoms with Crippen molar-refractivity contribution >= 4 is 29.4 Å². The second kappa shape index (κ2) is 7.68. The Morgan fingerprint density at radius 2 is 1.95 bits per heavy atom. The normalized spacial score (nSPS) is 11.7. The minimum absolute atomic E-state index is 0.333. The maximum absolute atomic E-state index is 12.0. The van der Waals surface area contributed by atoms with Gasteiger partial charge >= 0.3 is 6.09 Å². The molecule has 0 fully saturated rings. The third-order valence-electron chi connectivity index (χ3n) is 2.54. The highest BCUT2D eigenvalue weighted by Crippen LogP contribution is 2.10. The van der Waals surface area contributed by atoms with Gasteiger partial charge in [0.25, 0.3) is 0 Å². The van der Waals surface area contributed by atoms with Crippen LogP contribution in [0.1, 0.15) is 12.0 Å². The quantitative estimate of drug-likeness (QED) is 0.748. The van der Waals surface area contributed by atoms with E-state index in [4.69, 9.17) is 5.11 Å². The van der Waals surface area contributed by atoms with Crippen LogP contribution in [0.2, 0.25) is 0 Å². The fraction of sp³-hybridized carbons (Fsp3) is 0.385. The van der Waals surface area contributed by atoms with Gasteiger partial charge in [0.15, 0.2) is 0 Å². The predicted octanol–water partition coefficient (Wildman–Crippen LogP) is 2.32. The number of hydrogen-bond acceptors (Lipinski definition) is 3. The first-order valence-corrected chi connectivity index (χ1v) is 7.28. The van der Waals surface area contributed by atoms with E-state index in [1.54, 1.807) is 23.9 Å². The molecule has 104 valence electrons. The predicted molar refractivity (Wildman–Crippen MR) is 77.8 cm³/mol. The van der Waals surface area contributed by atoms with Crippen LogP contribution < -0.4 is 10.6 Å². The number of amides is 2. The molecule has 0 unspecified atom stereocenters. The smallest absolute Gasteiger partial charge is 0.405 e. The van der Waals surface area contributed by atoms with Gasteiger partial charge in [-0.25, -0.2) is 4.79 Å². The monoisotopic (exact) mass is 282 g/mol. The number of carbonyl (C=O) groups is 2. The van der Waals surface area contributed by atoms with Crippen LogP contribution in [0.4, 0.5) is 10.5 Å². The average molecular weight is 282 g/mol. The summed E-state index contributed by atoms with van der Waals surface area (Å²) < 4.78 is 0. The van der Waals surface area contributed by atoms with Crippen LogP contribution in [0, 0.1) is 6.92 Å². The lowest BCUT2D eigenvalue weighted by Gasteiger charge is -2.16. The van der Waals surface area contributed by atoms with Gasteiger partial charge in [-0.2, -0.15) is 11.8 Å². The second-order valence-electron chi connectivity index (χ2n) is 4.14. The van der Waals surface area contributed by atoms with Crippen molar-refractivity contribution in [2.75, 3.05) is 17.3 Å². The Kier molecular flexibility index (Phi) is 6.21. The van der Waals surface area contributed by atoms with Gasteiger partial charge in [0.1, 0.15) is 6.04 Å². The van der Waals surface area contributed by atoms with Crippen molar-refractivity contribution in [1.29, 1.82) is 0 Å². The Balaban J connectivity index is 2.64. The highest BCUT2D eigenvalue weighted by Gasteiger charge is 2.19. The SMILES string of the molecule is CSCC[C@@H](NC(=O)O)C(=O)Nc1ccc(C)cc1. The molecule has 0 aliphatic heterocycles. The van der Waals surface area contributed by atoms with Crippen molar-refractivity contribution < 1.29 is 14.7 Å². The third kappa shape index (κ3) is 5.65. The summed E-state index contributed by atoms with van der Waals surface area (Å²) in [6.45, 7) is 1.96. The molecule has 1 atom stereocenters. The van der Waals surface area contributed by atoms with Crippen molar-refractivity contribution in [3.63, 3.8) is 0 Å². The fourth-order valence-electron chi connectivity index (χ4n) is 1.52. The molecule has 0 bridgehead atoms. The average Bonchev–Trinajstić information content (AvgIpc) is 2.36. The van der Waals surface area contributed by atoms with Gasteiger partial charge < -0.3 is 15.7 Å². The van der Waals surface area contributed by atoms with Gasteiger partial charge in [0, 0.05) is 5.69 Å². The molecule has 3 N–H and O–H groups in total. The summed E-state index contributed by atoms with van der Waals surface area (Å²) in [5.74, 6) is 0.381. The van der Waals surface area contributed by atoms with Crippen LogP contribution in [0.15, 0.2) is 24.3 Å². The Morgan fingerprint density at radius 1 is 1.32 bits per heavy atom. The van der Waals surface area contributed by atoms with E-state index in [-0.39, 0.29) is 5.91 Å². The van der Waals surface area contributed by atoms with Crippen molar-refractivity contribution in [3.8, 4) is 0 Å². The summed E-state index contributed by atoms with van der Waals surface area (Å²) in [7, 11) is 0. The van der Waals surface area contributed by atoms with Crippen LogP contribution in [0.3, 0.4) is 0 Å². The first-order chi connectivity index (χ1) is 9.02. The molecule has 0 spiro atoms. The molecule has 0 aromatic heterocycles. The topological polar surface area (TPSA) is 78.4 Å². The fourth-order valence-corrected chi connectivity index (χ4v) is 1.99. The molecule has 0 radical (unpaired) electrons. The summed E-state index contributed by atoms with van der Waals surface area (Å²) >= 11 is 1.57. The van der Waals surface area contributed by atoms with Gasteiger partial charge in [0.05, 0.1) is 0 Å². The molecule has 19 heavy (non-hydrogen) atoms. The number of rotatable bonds is 6. The largest absolute Gasteiger partial charge is 0.465 e.